The second-order valence-electron chi connectivity index (χ2n) is 7.17. The number of anilines is 1. The van der Waals surface area contributed by atoms with E-state index in [0.29, 0.717) is 17.3 Å². The summed E-state index contributed by atoms with van der Waals surface area (Å²) in [5.41, 5.74) is -0.668. The van der Waals surface area contributed by atoms with E-state index in [-0.39, 0.29) is 45.5 Å². The van der Waals surface area contributed by atoms with Crippen LogP contribution in [0.1, 0.15) is 30.3 Å². The predicted molar refractivity (Wildman–Crippen MR) is 114 cm³/mol. The lowest BCUT2D eigenvalue weighted by atomic mass is 10.2. The molecule has 11 heteroatoms. The summed E-state index contributed by atoms with van der Waals surface area (Å²) in [5.74, 6) is 1.44. The molecule has 9 nitrogen and oxygen atoms in total. The number of thioether (sulfide) groups is 1. The molecule has 3 N–H and O–H groups in total. The number of amides is 2. The molecule has 152 valence electrons. The summed E-state index contributed by atoms with van der Waals surface area (Å²) < 4.78 is 1.44. The Morgan fingerprint density at radius 1 is 1.45 bits per heavy atom. The van der Waals surface area contributed by atoms with Crippen molar-refractivity contribution in [2.45, 2.75) is 25.4 Å². The maximum absolute atomic E-state index is 13.0. The lowest BCUT2D eigenvalue weighted by Gasteiger charge is -2.38. The Labute approximate surface area is 175 Å². The van der Waals surface area contributed by atoms with Crippen LogP contribution >= 0.6 is 23.4 Å². The number of hydrogen-bond acceptors (Lipinski definition) is 5. The molecule has 0 aromatic carbocycles. The summed E-state index contributed by atoms with van der Waals surface area (Å²) in [6, 6.07) is 1.42. The minimum absolute atomic E-state index is 0.0603. The molecule has 0 unspecified atom stereocenters. The van der Waals surface area contributed by atoms with Gasteiger partial charge < -0.3 is 16.0 Å². The lowest BCUT2D eigenvalue weighted by molar-refractivity contribution is -0.121. The Hall–Kier alpha value is -2.59. The van der Waals surface area contributed by atoms with Gasteiger partial charge in [-0.25, -0.2) is 9.98 Å². The minimum atomic E-state index is -0.709. The molecule has 2 aliphatic heterocycles. The van der Waals surface area contributed by atoms with Gasteiger partial charge in [0.1, 0.15) is 35.0 Å². The molecule has 1 saturated carbocycles. The molecule has 0 bridgehead atoms. The molecule has 3 aliphatic rings. The molecule has 2 fully saturated rings. The number of nitrogens with zero attached hydrogens (tertiary/aromatic N) is 3. The van der Waals surface area contributed by atoms with Crippen LogP contribution in [0.2, 0.25) is 5.02 Å². The molecular formula is C18H19ClN6O3S. The molecule has 1 aliphatic carbocycles. The van der Waals surface area contributed by atoms with E-state index in [4.69, 9.17) is 11.6 Å². The fraction of sp³-hybridized carbons (Fsp3) is 0.389. The van der Waals surface area contributed by atoms with E-state index in [1.165, 1.54) is 17.0 Å². The van der Waals surface area contributed by atoms with E-state index in [0.717, 1.165) is 12.8 Å². The molecule has 2 amide bonds. The first-order valence-electron chi connectivity index (χ1n) is 9.01. The van der Waals surface area contributed by atoms with Gasteiger partial charge in [0, 0.05) is 17.4 Å². The molecule has 1 spiro atoms. The van der Waals surface area contributed by atoms with Gasteiger partial charge in [-0.1, -0.05) is 18.2 Å². The number of nitrogens with one attached hydrogen (secondary N) is 3. The molecular weight excluding hydrogens is 416 g/mol. The third-order valence-electron chi connectivity index (χ3n) is 4.82. The van der Waals surface area contributed by atoms with E-state index in [1.54, 1.807) is 18.7 Å². The van der Waals surface area contributed by atoms with Gasteiger partial charge in [-0.05, 0) is 25.8 Å². The molecule has 4 rings (SSSR count). The summed E-state index contributed by atoms with van der Waals surface area (Å²) in [5, 5.41) is 8.56. The zero-order valence-electron chi connectivity index (χ0n) is 15.6. The minimum Gasteiger partial charge on any atom is -0.339 e. The fourth-order valence-electron chi connectivity index (χ4n) is 3.15. The molecule has 1 aromatic rings. The average Bonchev–Trinajstić information content (AvgIpc) is 3.41. The van der Waals surface area contributed by atoms with Gasteiger partial charge in [0.25, 0.3) is 11.5 Å². The van der Waals surface area contributed by atoms with Gasteiger partial charge in [-0.2, -0.15) is 11.8 Å². The van der Waals surface area contributed by atoms with Crippen molar-refractivity contribution in [2.75, 3.05) is 16.8 Å². The van der Waals surface area contributed by atoms with Crippen LogP contribution in [-0.2, 0) is 10.5 Å². The standard InChI is InChI=1S/C18H19ClN6O3S/c1-9(20-8-21-10(2)23-15(26)11-3-4-11)22-13-5-12(19)14-16(27)24-18(6-29-7-18)25(14)17(13)28/h5,8,11H,2-4,6-7H2,1H3,(H,23,26)(H,24,27)(H,20,21,22). The number of fused-ring (bicyclic) bond motifs is 2. The van der Waals surface area contributed by atoms with Crippen LogP contribution in [0.15, 0.2) is 33.2 Å². The van der Waals surface area contributed by atoms with E-state index in [2.05, 4.69) is 32.5 Å². The average molecular weight is 435 g/mol. The van der Waals surface area contributed by atoms with E-state index >= 15 is 0 Å². The topological polar surface area (TPSA) is 117 Å². The van der Waals surface area contributed by atoms with Crippen LogP contribution in [0.3, 0.4) is 0 Å². The number of carbonyl (C=O) groups is 2. The highest BCUT2D eigenvalue weighted by Gasteiger charge is 2.50. The van der Waals surface area contributed by atoms with Gasteiger partial charge in [-0.15, -0.1) is 0 Å². The Bertz CT molecular complexity index is 1040. The predicted octanol–water partition coefficient (Wildman–Crippen LogP) is 1.50. The first-order chi connectivity index (χ1) is 13.8. The van der Waals surface area contributed by atoms with Crippen molar-refractivity contribution in [3.63, 3.8) is 0 Å². The number of aliphatic imine (C=N–C) groups is 2. The molecule has 3 heterocycles. The Kier molecular flexibility index (Phi) is 4.99. The molecule has 0 atom stereocenters. The fourth-order valence-corrected chi connectivity index (χ4v) is 4.42. The van der Waals surface area contributed by atoms with E-state index < -0.39 is 5.66 Å². The van der Waals surface area contributed by atoms with Crippen molar-refractivity contribution in [2.24, 2.45) is 15.9 Å². The summed E-state index contributed by atoms with van der Waals surface area (Å²) in [6.07, 6.45) is 3.02. The Morgan fingerprint density at radius 2 is 2.17 bits per heavy atom. The molecule has 1 saturated heterocycles. The quantitative estimate of drug-likeness (QED) is 0.479. The summed E-state index contributed by atoms with van der Waals surface area (Å²) in [7, 11) is 0. The van der Waals surface area contributed by atoms with Crippen LogP contribution in [0.5, 0.6) is 0 Å². The highest BCUT2D eigenvalue weighted by Crippen LogP contribution is 2.39. The molecule has 29 heavy (non-hydrogen) atoms. The number of rotatable bonds is 5. The van der Waals surface area contributed by atoms with Crippen molar-refractivity contribution in [3.05, 3.63) is 39.5 Å². The summed E-state index contributed by atoms with van der Waals surface area (Å²) >= 11 is 7.91. The lowest BCUT2D eigenvalue weighted by Crippen LogP contribution is -2.57. The number of aromatic nitrogens is 1. The van der Waals surface area contributed by atoms with Crippen LogP contribution in [-0.4, -0.2) is 40.1 Å². The molecule has 0 radical (unpaired) electrons. The highest BCUT2D eigenvalue weighted by molar-refractivity contribution is 8.00. The third kappa shape index (κ3) is 3.69. The number of hydrogen-bond donors (Lipinski definition) is 3. The third-order valence-corrected chi connectivity index (χ3v) is 6.47. The van der Waals surface area contributed by atoms with Crippen molar-refractivity contribution in [1.29, 1.82) is 0 Å². The Morgan fingerprint density at radius 3 is 2.79 bits per heavy atom. The van der Waals surface area contributed by atoms with Crippen molar-refractivity contribution >= 4 is 53.0 Å². The van der Waals surface area contributed by atoms with Crippen LogP contribution < -0.4 is 21.5 Å². The van der Waals surface area contributed by atoms with Crippen molar-refractivity contribution < 1.29 is 9.59 Å². The largest absolute Gasteiger partial charge is 0.339 e. The zero-order chi connectivity index (χ0) is 20.8. The first kappa shape index (κ1) is 19.7. The summed E-state index contributed by atoms with van der Waals surface area (Å²) in [6.45, 7) is 5.31. The van der Waals surface area contributed by atoms with Gasteiger partial charge in [-0.3, -0.25) is 19.0 Å². The Balaban J connectivity index is 1.49. The van der Waals surface area contributed by atoms with Crippen LogP contribution in [0.25, 0.3) is 0 Å². The first-order valence-corrected chi connectivity index (χ1v) is 10.5. The van der Waals surface area contributed by atoms with Crippen molar-refractivity contribution in [3.8, 4) is 0 Å². The number of pyridine rings is 1. The SMILES string of the molecule is C=C(/N=C\N=C(/C)Nc1cc(Cl)c2n(c1=O)C1(CSC1)NC2=O)NC(=O)C1CC1. The summed E-state index contributed by atoms with van der Waals surface area (Å²) in [4.78, 5) is 44.9. The normalized spacial score (nSPS) is 19.7. The van der Waals surface area contributed by atoms with Gasteiger partial charge >= 0.3 is 0 Å². The van der Waals surface area contributed by atoms with Gasteiger partial charge in [0.05, 0.1) is 5.02 Å². The van der Waals surface area contributed by atoms with Crippen LogP contribution in [0, 0.1) is 5.92 Å². The number of carbonyl (C=O) groups excluding carboxylic acids is 2. The maximum Gasteiger partial charge on any atom is 0.276 e. The second kappa shape index (κ2) is 7.34. The number of halogens is 1. The molecule has 1 aromatic heterocycles. The van der Waals surface area contributed by atoms with Crippen LogP contribution in [0.4, 0.5) is 5.69 Å². The number of amidine groups is 1. The second-order valence-corrected chi connectivity index (χ2v) is 8.56. The monoisotopic (exact) mass is 434 g/mol. The van der Waals surface area contributed by atoms with Gasteiger partial charge in [0.2, 0.25) is 5.91 Å². The smallest absolute Gasteiger partial charge is 0.276 e. The van der Waals surface area contributed by atoms with Gasteiger partial charge in [0.15, 0.2) is 0 Å². The van der Waals surface area contributed by atoms with Crippen molar-refractivity contribution in [1.82, 2.24) is 15.2 Å². The van der Waals surface area contributed by atoms with E-state index in [9.17, 15) is 14.4 Å². The highest BCUT2D eigenvalue weighted by atomic mass is 35.5. The van der Waals surface area contributed by atoms with E-state index in [1.807, 2.05) is 0 Å². The zero-order valence-corrected chi connectivity index (χ0v) is 17.2. The maximum atomic E-state index is 13.0.